The first-order valence-corrected chi connectivity index (χ1v) is 5.74. The van der Waals surface area contributed by atoms with Crippen LogP contribution in [0.15, 0.2) is 24.3 Å². The molecule has 0 aliphatic heterocycles. The Hall–Kier alpha value is -0.930. The van der Waals surface area contributed by atoms with Crippen molar-refractivity contribution in [2.75, 3.05) is 33.7 Å². The van der Waals surface area contributed by atoms with Gasteiger partial charge in [-0.15, -0.1) is 0 Å². The van der Waals surface area contributed by atoms with E-state index in [1.54, 1.807) is 6.07 Å². The molecule has 0 heterocycles. The van der Waals surface area contributed by atoms with Crippen molar-refractivity contribution in [3.63, 3.8) is 0 Å². The Labute approximate surface area is 97.7 Å². The van der Waals surface area contributed by atoms with Gasteiger partial charge < -0.3 is 4.90 Å². The minimum absolute atomic E-state index is 0.106. The predicted octanol–water partition coefficient (Wildman–Crippen LogP) is 2.21. The molecule has 0 radical (unpaired) electrons. The second kappa shape index (κ2) is 6.61. The molecule has 0 bridgehead atoms. The fourth-order valence-corrected chi connectivity index (χ4v) is 1.56. The molecule has 0 amide bonds. The van der Waals surface area contributed by atoms with Crippen LogP contribution in [-0.2, 0) is 6.54 Å². The zero-order chi connectivity index (χ0) is 12.0. The van der Waals surface area contributed by atoms with E-state index in [-0.39, 0.29) is 5.82 Å². The van der Waals surface area contributed by atoms with Gasteiger partial charge in [-0.3, -0.25) is 4.90 Å². The molecular formula is C13H21FN2. The highest BCUT2D eigenvalue weighted by molar-refractivity contribution is 5.17. The summed E-state index contributed by atoms with van der Waals surface area (Å²) in [7, 11) is 4.11. The molecule has 0 atom stereocenters. The largest absolute Gasteiger partial charge is 0.308 e. The van der Waals surface area contributed by atoms with Gasteiger partial charge in [0.15, 0.2) is 0 Å². The Morgan fingerprint density at radius 3 is 2.38 bits per heavy atom. The SMILES string of the molecule is CCN(CCN(C)C)Cc1ccccc1F. The molecule has 0 aromatic heterocycles. The maximum atomic E-state index is 13.4. The highest BCUT2D eigenvalue weighted by Crippen LogP contribution is 2.09. The lowest BCUT2D eigenvalue weighted by molar-refractivity contribution is 0.241. The molecule has 2 nitrogen and oxygen atoms in total. The zero-order valence-corrected chi connectivity index (χ0v) is 10.4. The summed E-state index contributed by atoms with van der Waals surface area (Å²) in [5.74, 6) is -0.106. The van der Waals surface area contributed by atoms with E-state index in [9.17, 15) is 4.39 Å². The molecule has 0 N–H and O–H groups in total. The standard InChI is InChI=1S/C13H21FN2/c1-4-16(10-9-15(2)3)11-12-7-5-6-8-13(12)14/h5-8H,4,9-11H2,1-3H3. The number of hydrogen-bond donors (Lipinski definition) is 0. The molecule has 3 heteroatoms. The van der Waals surface area contributed by atoms with Crippen LogP contribution in [0, 0.1) is 5.82 Å². The van der Waals surface area contributed by atoms with Crippen LogP contribution in [0.1, 0.15) is 12.5 Å². The average molecular weight is 224 g/mol. The van der Waals surface area contributed by atoms with Gasteiger partial charge in [-0.25, -0.2) is 4.39 Å². The lowest BCUT2D eigenvalue weighted by Gasteiger charge is -2.22. The minimum atomic E-state index is -0.106. The number of hydrogen-bond acceptors (Lipinski definition) is 2. The van der Waals surface area contributed by atoms with Crippen LogP contribution in [-0.4, -0.2) is 43.5 Å². The first kappa shape index (κ1) is 13.1. The monoisotopic (exact) mass is 224 g/mol. The summed E-state index contributed by atoms with van der Waals surface area (Å²) in [5.41, 5.74) is 0.781. The molecule has 0 aliphatic carbocycles. The van der Waals surface area contributed by atoms with Gasteiger partial charge in [0.2, 0.25) is 0 Å². The molecule has 1 aromatic carbocycles. The average Bonchev–Trinajstić information content (AvgIpc) is 2.26. The van der Waals surface area contributed by atoms with Crippen LogP contribution in [0.3, 0.4) is 0 Å². The van der Waals surface area contributed by atoms with Crippen LogP contribution in [0.2, 0.25) is 0 Å². The fraction of sp³-hybridized carbons (Fsp3) is 0.538. The lowest BCUT2D eigenvalue weighted by Crippen LogP contribution is -2.31. The highest BCUT2D eigenvalue weighted by atomic mass is 19.1. The van der Waals surface area contributed by atoms with Crippen LogP contribution in [0.5, 0.6) is 0 Å². The van der Waals surface area contributed by atoms with Gasteiger partial charge in [0, 0.05) is 25.2 Å². The van der Waals surface area contributed by atoms with E-state index in [4.69, 9.17) is 0 Å². The third-order valence-electron chi connectivity index (χ3n) is 2.66. The molecule has 1 rings (SSSR count). The van der Waals surface area contributed by atoms with Gasteiger partial charge in [-0.2, -0.15) is 0 Å². The van der Waals surface area contributed by atoms with Crippen molar-refractivity contribution >= 4 is 0 Å². The number of likely N-dealkylation sites (N-methyl/N-ethyl adjacent to an activating group) is 2. The van der Waals surface area contributed by atoms with Gasteiger partial charge in [0.1, 0.15) is 5.82 Å². The van der Waals surface area contributed by atoms with Crippen LogP contribution in [0.4, 0.5) is 4.39 Å². The first-order chi connectivity index (χ1) is 7.63. The molecule has 0 unspecified atom stereocenters. The van der Waals surface area contributed by atoms with Crippen molar-refractivity contribution in [1.82, 2.24) is 9.80 Å². The Morgan fingerprint density at radius 1 is 1.12 bits per heavy atom. The quantitative estimate of drug-likeness (QED) is 0.731. The van der Waals surface area contributed by atoms with Crippen molar-refractivity contribution in [3.8, 4) is 0 Å². The lowest BCUT2D eigenvalue weighted by atomic mass is 10.2. The second-order valence-corrected chi connectivity index (χ2v) is 4.26. The van der Waals surface area contributed by atoms with Gasteiger partial charge in [0.25, 0.3) is 0 Å². The normalized spacial score (nSPS) is 11.4. The van der Waals surface area contributed by atoms with Crippen molar-refractivity contribution < 1.29 is 4.39 Å². The third-order valence-corrected chi connectivity index (χ3v) is 2.66. The summed E-state index contributed by atoms with van der Waals surface area (Å²) < 4.78 is 13.4. The van der Waals surface area contributed by atoms with Crippen molar-refractivity contribution in [2.24, 2.45) is 0 Å². The molecule has 16 heavy (non-hydrogen) atoms. The van der Waals surface area contributed by atoms with E-state index in [1.807, 2.05) is 12.1 Å². The number of benzene rings is 1. The van der Waals surface area contributed by atoms with E-state index in [2.05, 4.69) is 30.8 Å². The number of rotatable bonds is 6. The minimum Gasteiger partial charge on any atom is -0.308 e. The number of nitrogens with zero attached hydrogens (tertiary/aromatic N) is 2. The summed E-state index contributed by atoms with van der Waals surface area (Å²) in [6.07, 6.45) is 0. The summed E-state index contributed by atoms with van der Waals surface area (Å²) in [5, 5.41) is 0. The van der Waals surface area contributed by atoms with Crippen LogP contribution >= 0.6 is 0 Å². The van der Waals surface area contributed by atoms with Gasteiger partial charge >= 0.3 is 0 Å². The summed E-state index contributed by atoms with van der Waals surface area (Å²) >= 11 is 0. The van der Waals surface area contributed by atoms with Crippen LogP contribution in [0.25, 0.3) is 0 Å². The van der Waals surface area contributed by atoms with E-state index >= 15 is 0 Å². The van der Waals surface area contributed by atoms with E-state index < -0.39 is 0 Å². The summed E-state index contributed by atoms with van der Waals surface area (Å²) in [4.78, 5) is 4.39. The maximum Gasteiger partial charge on any atom is 0.127 e. The number of halogens is 1. The van der Waals surface area contributed by atoms with E-state index in [1.165, 1.54) is 6.07 Å². The molecule has 0 aliphatic rings. The summed E-state index contributed by atoms with van der Waals surface area (Å²) in [6.45, 7) is 5.72. The molecule has 0 saturated carbocycles. The first-order valence-electron chi connectivity index (χ1n) is 5.74. The Bertz CT molecular complexity index is 313. The molecule has 90 valence electrons. The molecule has 0 saturated heterocycles. The second-order valence-electron chi connectivity index (χ2n) is 4.26. The van der Waals surface area contributed by atoms with Crippen molar-refractivity contribution in [2.45, 2.75) is 13.5 Å². The Kier molecular flexibility index (Phi) is 5.43. The van der Waals surface area contributed by atoms with Crippen molar-refractivity contribution in [1.29, 1.82) is 0 Å². The highest BCUT2D eigenvalue weighted by Gasteiger charge is 2.07. The third kappa shape index (κ3) is 4.29. The van der Waals surface area contributed by atoms with Gasteiger partial charge in [-0.05, 0) is 26.7 Å². The molecular weight excluding hydrogens is 203 g/mol. The predicted molar refractivity (Wildman–Crippen MR) is 65.9 cm³/mol. The van der Waals surface area contributed by atoms with E-state index in [0.717, 1.165) is 25.2 Å². The molecule has 0 fully saturated rings. The van der Waals surface area contributed by atoms with Crippen LogP contribution < -0.4 is 0 Å². The molecule has 1 aromatic rings. The molecule has 0 spiro atoms. The maximum absolute atomic E-state index is 13.4. The van der Waals surface area contributed by atoms with E-state index in [0.29, 0.717) is 6.54 Å². The Morgan fingerprint density at radius 2 is 1.81 bits per heavy atom. The smallest absolute Gasteiger partial charge is 0.127 e. The Balaban J connectivity index is 2.53. The summed E-state index contributed by atoms with van der Waals surface area (Å²) in [6, 6.07) is 7.00. The zero-order valence-electron chi connectivity index (χ0n) is 10.4. The topological polar surface area (TPSA) is 6.48 Å². The van der Waals surface area contributed by atoms with Crippen molar-refractivity contribution in [3.05, 3.63) is 35.6 Å². The van der Waals surface area contributed by atoms with Gasteiger partial charge in [-0.1, -0.05) is 25.1 Å². The van der Waals surface area contributed by atoms with Gasteiger partial charge in [0.05, 0.1) is 0 Å². The fourth-order valence-electron chi connectivity index (χ4n) is 1.56.